The second kappa shape index (κ2) is 6.30. The van der Waals surface area contributed by atoms with Crippen LogP contribution in [0.25, 0.3) is 0 Å². The van der Waals surface area contributed by atoms with Crippen LogP contribution in [-0.2, 0) is 35.0 Å². The van der Waals surface area contributed by atoms with Gasteiger partial charge in [0.15, 0.2) is 17.9 Å². The predicted octanol–water partition coefficient (Wildman–Crippen LogP) is 2.60. The van der Waals surface area contributed by atoms with Crippen molar-refractivity contribution < 1.29 is 28.4 Å². The third-order valence-corrected chi connectivity index (χ3v) is 4.64. The number of fused-ring (bicyclic) bond motifs is 3. The van der Waals surface area contributed by atoms with Crippen molar-refractivity contribution in [2.24, 2.45) is 0 Å². The van der Waals surface area contributed by atoms with Gasteiger partial charge >= 0.3 is 0 Å². The zero-order chi connectivity index (χ0) is 17.7. The molecule has 0 aromatic heterocycles. The first-order valence-electron chi connectivity index (χ1n) is 8.81. The lowest BCUT2D eigenvalue weighted by Gasteiger charge is -2.37. The maximum Gasteiger partial charge on any atom is 0.190 e. The molecule has 3 aliphatic rings. The van der Waals surface area contributed by atoms with E-state index in [1.807, 2.05) is 58.0 Å². The summed E-state index contributed by atoms with van der Waals surface area (Å²) in [6.07, 6.45) is -1.52. The lowest BCUT2D eigenvalue weighted by Crippen LogP contribution is -2.56. The number of hydrogen-bond donors (Lipinski definition) is 0. The average molecular weight is 350 g/mol. The Labute approximate surface area is 148 Å². The Balaban J connectivity index is 1.44. The third kappa shape index (κ3) is 3.60. The molecule has 0 aliphatic carbocycles. The summed E-state index contributed by atoms with van der Waals surface area (Å²) in [5.74, 6) is -1.38. The maximum absolute atomic E-state index is 6.11. The molecule has 3 aliphatic heterocycles. The van der Waals surface area contributed by atoms with E-state index >= 15 is 0 Å². The molecule has 1 aromatic carbocycles. The number of benzene rings is 1. The highest BCUT2D eigenvalue weighted by Gasteiger charge is 2.60. The Hall–Kier alpha value is -1.02. The zero-order valence-corrected chi connectivity index (χ0v) is 15.1. The number of rotatable bonds is 4. The van der Waals surface area contributed by atoms with E-state index in [0.29, 0.717) is 13.2 Å². The largest absolute Gasteiger partial charge is 0.374 e. The van der Waals surface area contributed by atoms with Crippen molar-refractivity contribution in [3.05, 3.63) is 35.9 Å². The topological polar surface area (TPSA) is 55.4 Å². The van der Waals surface area contributed by atoms with Crippen LogP contribution in [0.4, 0.5) is 0 Å². The van der Waals surface area contributed by atoms with Gasteiger partial charge in [0, 0.05) is 0 Å². The van der Waals surface area contributed by atoms with Crippen LogP contribution >= 0.6 is 0 Å². The molecule has 6 heteroatoms. The van der Waals surface area contributed by atoms with E-state index < -0.39 is 17.9 Å². The van der Waals surface area contributed by atoms with Crippen LogP contribution in [0.15, 0.2) is 30.3 Å². The minimum Gasteiger partial charge on any atom is -0.374 e. The molecule has 138 valence electrons. The van der Waals surface area contributed by atoms with Crippen molar-refractivity contribution in [2.75, 3.05) is 6.61 Å². The summed E-state index contributed by atoms with van der Waals surface area (Å²) in [4.78, 5) is 0. The van der Waals surface area contributed by atoms with Crippen LogP contribution in [0.2, 0.25) is 0 Å². The molecule has 1 aromatic rings. The Morgan fingerprint density at radius 2 is 1.48 bits per heavy atom. The monoisotopic (exact) mass is 350 g/mol. The Morgan fingerprint density at radius 3 is 2.24 bits per heavy atom. The Morgan fingerprint density at radius 1 is 0.840 bits per heavy atom. The minimum absolute atomic E-state index is 0.235. The van der Waals surface area contributed by atoms with Crippen molar-refractivity contribution >= 4 is 0 Å². The maximum atomic E-state index is 6.11. The zero-order valence-electron chi connectivity index (χ0n) is 15.1. The molecule has 0 bridgehead atoms. The van der Waals surface area contributed by atoms with E-state index in [9.17, 15) is 0 Å². The van der Waals surface area contributed by atoms with Crippen LogP contribution in [0, 0.1) is 0 Å². The van der Waals surface area contributed by atoms with E-state index in [4.69, 9.17) is 28.4 Å². The van der Waals surface area contributed by atoms with Crippen LogP contribution in [0.1, 0.15) is 33.3 Å². The summed E-state index contributed by atoms with van der Waals surface area (Å²) in [6.45, 7) is 8.51. The summed E-state index contributed by atoms with van der Waals surface area (Å²) in [5, 5.41) is 0. The van der Waals surface area contributed by atoms with E-state index in [-0.39, 0.29) is 24.4 Å². The molecule has 3 saturated heterocycles. The highest BCUT2D eigenvalue weighted by Crippen LogP contribution is 2.44. The quantitative estimate of drug-likeness (QED) is 0.832. The van der Waals surface area contributed by atoms with Gasteiger partial charge < -0.3 is 28.4 Å². The fourth-order valence-electron chi connectivity index (χ4n) is 3.69. The van der Waals surface area contributed by atoms with Crippen molar-refractivity contribution in [3.63, 3.8) is 0 Å². The van der Waals surface area contributed by atoms with E-state index in [2.05, 4.69) is 0 Å². The van der Waals surface area contributed by atoms with Gasteiger partial charge in [-0.05, 0) is 33.3 Å². The van der Waals surface area contributed by atoms with Crippen LogP contribution in [0.3, 0.4) is 0 Å². The molecule has 2 unspecified atom stereocenters. The Kier molecular flexibility index (Phi) is 4.38. The van der Waals surface area contributed by atoms with E-state index in [0.717, 1.165) is 5.56 Å². The molecule has 25 heavy (non-hydrogen) atoms. The van der Waals surface area contributed by atoms with Crippen LogP contribution in [-0.4, -0.2) is 48.9 Å². The van der Waals surface area contributed by atoms with E-state index in [1.54, 1.807) is 0 Å². The first-order chi connectivity index (χ1) is 11.8. The van der Waals surface area contributed by atoms with Crippen molar-refractivity contribution in [2.45, 2.75) is 76.6 Å². The molecule has 3 fully saturated rings. The van der Waals surface area contributed by atoms with Gasteiger partial charge in [-0.1, -0.05) is 30.3 Å². The van der Waals surface area contributed by atoms with Gasteiger partial charge in [-0.2, -0.15) is 0 Å². The summed E-state index contributed by atoms with van der Waals surface area (Å²) in [6, 6.07) is 10.1. The molecule has 5 atom stereocenters. The molecular formula is C19H26O6. The molecule has 0 N–H and O–H groups in total. The molecule has 0 spiro atoms. The van der Waals surface area contributed by atoms with Gasteiger partial charge in [-0.3, -0.25) is 0 Å². The standard InChI is InChI=1S/C19H26O6/c1-18(2)22-14-13(11-20-10-12-8-6-5-7-9-12)21-17-16(15(14)23-18)24-19(3,4)25-17/h5-9,13-17H,10-11H2,1-4H3/t13-,14+,15?,16-,17?/m0/s1. The molecule has 4 rings (SSSR count). The van der Waals surface area contributed by atoms with E-state index in [1.165, 1.54) is 0 Å². The van der Waals surface area contributed by atoms with Gasteiger partial charge in [0.25, 0.3) is 0 Å². The van der Waals surface area contributed by atoms with Gasteiger partial charge in [0.1, 0.15) is 24.4 Å². The minimum atomic E-state index is -0.699. The first-order valence-corrected chi connectivity index (χ1v) is 8.81. The SMILES string of the molecule is CC1(C)OC2O[C@@H](COCc3ccccc3)[C@H]3OC(C)(C)OC3[C@@H]2O1. The molecule has 0 radical (unpaired) electrons. The second-order valence-corrected chi connectivity index (χ2v) is 7.71. The first kappa shape index (κ1) is 17.4. The molecular weight excluding hydrogens is 324 g/mol. The van der Waals surface area contributed by atoms with Crippen molar-refractivity contribution in [1.29, 1.82) is 0 Å². The molecule has 3 heterocycles. The summed E-state index contributed by atoms with van der Waals surface area (Å²) in [7, 11) is 0. The highest BCUT2D eigenvalue weighted by molar-refractivity contribution is 5.13. The molecule has 6 nitrogen and oxygen atoms in total. The number of hydrogen-bond acceptors (Lipinski definition) is 6. The summed E-state index contributed by atoms with van der Waals surface area (Å²) < 4.78 is 36.0. The Bertz CT molecular complexity index is 601. The molecule has 0 amide bonds. The van der Waals surface area contributed by atoms with Gasteiger partial charge in [0.2, 0.25) is 0 Å². The van der Waals surface area contributed by atoms with Crippen molar-refractivity contribution in [3.8, 4) is 0 Å². The second-order valence-electron chi connectivity index (χ2n) is 7.71. The van der Waals surface area contributed by atoms with Crippen LogP contribution in [0.5, 0.6) is 0 Å². The summed E-state index contributed by atoms with van der Waals surface area (Å²) >= 11 is 0. The fraction of sp³-hybridized carbons (Fsp3) is 0.684. The lowest BCUT2D eigenvalue weighted by molar-refractivity contribution is -0.243. The average Bonchev–Trinajstić information content (AvgIpc) is 3.03. The number of ether oxygens (including phenoxy) is 6. The third-order valence-electron chi connectivity index (χ3n) is 4.64. The van der Waals surface area contributed by atoms with Crippen LogP contribution < -0.4 is 0 Å². The fourth-order valence-corrected chi connectivity index (χ4v) is 3.69. The van der Waals surface area contributed by atoms with Crippen molar-refractivity contribution in [1.82, 2.24) is 0 Å². The van der Waals surface area contributed by atoms with Gasteiger partial charge in [-0.25, -0.2) is 0 Å². The lowest BCUT2D eigenvalue weighted by atomic mass is 9.99. The molecule has 0 saturated carbocycles. The smallest absolute Gasteiger partial charge is 0.190 e. The van der Waals surface area contributed by atoms with Gasteiger partial charge in [-0.15, -0.1) is 0 Å². The normalized spacial score (nSPS) is 38.3. The van der Waals surface area contributed by atoms with Gasteiger partial charge in [0.05, 0.1) is 13.2 Å². The predicted molar refractivity (Wildman–Crippen MR) is 88.6 cm³/mol. The summed E-state index contributed by atoms with van der Waals surface area (Å²) in [5.41, 5.74) is 1.12. The highest BCUT2D eigenvalue weighted by atomic mass is 16.9.